The van der Waals surface area contributed by atoms with Gasteiger partial charge in [-0.25, -0.2) is 0 Å². The molecule has 5 heteroatoms. The molecule has 2 atom stereocenters. The van der Waals surface area contributed by atoms with Crippen LogP contribution in [0, 0.1) is 5.92 Å². The van der Waals surface area contributed by atoms with Gasteiger partial charge in [0.2, 0.25) is 0 Å². The van der Waals surface area contributed by atoms with Crippen LogP contribution in [0.4, 0.5) is 0 Å². The van der Waals surface area contributed by atoms with E-state index >= 15 is 0 Å². The highest BCUT2D eigenvalue weighted by molar-refractivity contribution is 6.33. The largest absolute Gasteiger partial charge is 0.378 e. The molecular weight excluding hydrogens is 266 g/mol. The lowest BCUT2D eigenvalue weighted by atomic mass is 9.82. The zero-order valence-corrected chi connectivity index (χ0v) is 11.4. The molecule has 2 saturated heterocycles. The molecule has 19 heavy (non-hydrogen) atoms. The minimum atomic E-state index is -0.264. The fraction of sp³-hybridized carbons (Fsp3) is 0.571. The quantitative estimate of drug-likeness (QED) is 0.782. The molecule has 1 aromatic heterocycles. The lowest BCUT2D eigenvalue weighted by Crippen LogP contribution is -2.42. The van der Waals surface area contributed by atoms with E-state index in [-0.39, 0.29) is 17.3 Å². The van der Waals surface area contributed by atoms with Crippen molar-refractivity contribution in [1.82, 2.24) is 4.98 Å². The summed E-state index contributed by atoms with van der Waals surface area (Å²) in [4.78, 5) is 16.6. The Kier molecular flexibility index (Phi) is 3.56. The molecule has 0 amide bonds. The third-order valence-electron chi connectivity index (χ3n) is 3.92. The Morgan fingerprint density at radius 3 is 3.11 bits per heavy atom. The van der Waals surface area contributed by atoms with Crippen molar-refractivity contribution in [2.45, 2.75) is 24.9 Å². The number of pyridine rings is 1. The van der Waals surface area contributed by atoms with Gasteiger partial charge in [-0.1, -0.05) is 11.6 Å². The van der Waals surface area contributed by atoms with Crippen LogP contribution in [0.5, 0.6) is 0 Å². The second kappa shape index (κ2) is 5.19. The van der Waals surface area contributed by atoms with Crippen molar-refractivity contribution in [2.75, 3.05) is 19.8 Å². The van der Waals surface area contributed by atoms with Crippen LogP contribution in [0.1, 0.15) is 29.8 Å². The minimum Gasteiger partial charge on any atom is -0.378 e. The number of carbonyl (C=O) groups is 1. The van der Waals surface area contributed by atoms with Gasteiger partial charge >= 0.3 is 0 Å². The van der Waals surface area contributed by atoms with Crippen molar-refractivity contribution in [3.63, 3.8) is 0 Å². The highest BCUT2D eigenvalue weighted by atomic mass is 35.5. The van der Waals surface area contributed by atoms with E-state index in [1.807, 2.05) is 0 Å². The van der Waals surface area contributed by atoms with Crippen molar-refractivity contribution in [3.8, 4) is 0 Å². The second-order valence-corrected chi connectivity index (χ2v) is 5.63. The Morgan fingerprint density at radius 2 is 2.37 bits per heavy atom. The molecule has 2 aliphatic heterocycles. The predicted octanol–water partition coefficient (Wildman–Crippen LogP) is 2.50. The number of aromatic nitrogens is 1. The monoisotopic (exact) mass is 281 g/mol. The number of ether oxygens (including phenoxy) is 2. The van der Waals surface area contributed by atoms with Crippen molar-refractivity contribution < 1.29 is 14.3 Å². The number of ketones is 1. The first-order valence-corrected chi connectivity index (χ1v) is 6.94. The molecule has 0 bridgehead atoms. The van der Waals surface area contributed by atoms with Gasteiger partial charge in [0.05, 0.1) is 17.2 Å². The van der Waals surface area contributed by atoms with Crippen LogP contribution < -0.4 is 0 Å². The van der Waals surface area contributed by atoms with Crippen LogP contribution in [-0.2, 0) is 9.47 Å². The zero-order chi connectivity index (χ0) is 13.3. The normalized spacial score (nSPS) is 30.7. The molecule has 2 fully saturated rings. The molecule has 2 unspecified atom stereocenters. The molecule has 4 nitrogen and oxygen atoms in total. The average molecular weight is 282 g/mol. The first kappa shape index (κ1) is 13.0. The molecular formula is C14H16ClNO3. The smallest absolute Gasteiger partial charge is 0.185 e. The fourth-order valence-electron chi connectivity index (χ4n) is 2.88. The van der Waals surface area contributed by atoms with Gasteiger partial charge in [-0.05, 0) is 25.0 Å². The lowest BCUT2D eigenvalue weighted by molar-refractivity contribution is -0.0921. The van der Waals surface area contributed by atoms with E-state index in [1.165, 1.54) is 0 Å². The van der Waals surface area contributed by atoms with Gasteiger partial charge in [0, 0.05) is 31.7 Å². The van der Waals surface area contributed by atoms with Crippen molar-refractivity contribution >= 4 is 17.4 Å². The molecule has 3 heterocycles. The molecule has 0 saturated carbocycles. The van der Waals surface area contributed by atoms with E-state index in [9.17, 15) is 4.79 Å². The molecule has 0 radical (unpaired) electrons. The summed E-state index contributed by atoms with van der Waals surface area (Å²) in [6.07, 6.45) is 3.91. The van der Waals surface area contributed by atoms with E-state index in [0.29, 0.717) is 37.0 Å². The Hall–Kier alpha value is -0.970. The Labute approximate surface area is 117 Å². The molecule has 0 N–H and O–H groups in total. The van der Waals surface area contributed by atoms with Crippen LogP contribution in [0.25, 0.3) is 0 Å². The third-order valence-corrected chi connectivity index (χ3v) is 4.23. The summed E-state index contributed by atoms with van der Waals surface area (Å²) in [5, 5.41) is 0.427. The number of hydrogen-bond acceptors (Lipinski definition) is 4. The second-order valence-electron chi connectivity index (χ2n) is 5.22. The van der Waals surface area contributed by atoms with Crippen molar-refractivity contribution in [3.05, 3.63) is 29.0 Å². The zero-order valence-electron chi connectivity index (χ0n) is 10.6. The fourth-order valence-corrected chi connectivity index (χ4v) is 3.09. The summed E-state index contributed by atoms with van der Waals surface area (Å²) in [7, 11) is 0. The van der Waals surface area contributed by atoms with Gasteiger partial charge in [-0.15, -0.1) is 0 Å². The number of carbonyl (C=O) groups excluding carboxylic acids is 1. The highest BCUT2D eigenvalue weighted by Gasteiger charge is 2.43. The third kappa shape index (κ3) is 2.53. The number of rotatable bonds is 2. The maximum absolute atomic E-state index is 12.5. The minimum absolute atomic E-state index is 0.0279. The molecule has 102 valence electrons. The number of nitrogens with zero attached hydrogens (tertiary/aromatic N) is 1. The van der Waals surface area contributed by atoms with Crippen LogP contribution >= 0.6 is 11.6 Å². The van der Waals surface area contributed by atoms with E-state index in [1.54, 1.807) is 18.3 Å². The highest BCUT2D eigenvalue weighted by Crippen LogP contribution is 2.37. The van der Waals surface area contributed by atoms with Crippen molar-refractivity contribution in [2.24, 2.45) is 5.92 Å². The van der Waals surface area contributed by atoms with Crippen LogP contribution in [-0.4, -0.2) is 36.2 Å². The van der Waals surface area contributed by atoms with Gasteiger partial charge in [0.15, 0.2) is 5.78 Å². The Morgan fingerprint density at radius 1 is 1.47 bits per heavy atom. The SMILES string of the molecule is O=C(c1ncccc1Cl)C1CCOC2(CCOC2)C1. The Bertz CT molecular complexity index is 485. The molecule has 0 aromatic carbocycles. The van der Waals surface area contributed by atoms with E-state index < -0.39 is 0 Å². The number of hydrogen-bond donors (Lipinski definition) is 0. The maximum atomic E-state index is 12.5. The topological polar surface area (TPSA) is 48.4 Å². The van der Waals surface area contributed by atoms with Gasteiger partial charge in [-0.3, -0.25) is 9.78 Å². The van der Waals surface area contributed by atoms with Crippen LogP contribution in [0.15, 0.2) is 18.3 Å². The summed E-state index contributed by atoms with van der Waals surface area (Å²) in [6.45, 7) is 1.90. The predicted molar refractivity (Wildman–Crippen MR) is 70.4 cm³/mol. The molecule has 0 aliphatic carbocycles. The number of Topliss-reactive ketones (excluding diaryl/α,β-unsaturated/α-hetero) is 1. The number of halogens is 1. The van der Waals surface area contributed by atoms with Gasteiger partial charge in [0.25, 0.3) is 0 Å². The summed E-state index contributed by atoms with van der Waals surface area (Å²) in [5.74, 6) is -0.0389. The standard InChI is InChI=1S/C14H16ClNO3/c15-11-2-1-5-16-12(11)13(17)10-3-6-19-14(8-10)4-7-18-9-14/h1-2,5,10H,3-4,6-9H2. The maximum Gasteiger partial charge on any atom is 0.185 e. The molecule has 1 aromatic rings. The summed E-state index contributed by atoms with van der Waals surface area (Å²) >= 11 is 6.05. The average Bonchev–Trinajstić information content (AvgIpc) is 2.86. The van der Waals surface area contributed by atoms with E-state index in [4.69, 9.17) is 21.1 Å². The molecule has 3 rings (SSSR count). The van der Waals surface area contributed by atoms with Crippen LogP contribution in [0.2, 0.25) is 5.02 Å². The summed E-state index contributed by atoms with van der Waals surface area (Å²) in [5.41, 5.74) is 0.116. The Balaban J connectivity index is 1.78. The van der Waals surface area contributed by atoms with Gasteiger partial charge < -0.3 is 9.47 Å². The molecule has 2 aliphatic rings. The summed E-state index contributed by atoms with van der Waals surface area (Å²) < 4.78 is 11.3. The van der Waals surface area contributed by atoms with Crippen molar-refractivity contribution in [1.29, 1.82) is 0 Å². The first-order chi connectivity index (χ1) is 9.20. The first-order valence-electron chi connectivity index (χ1n) is 6.57. The molecule has 1 spiro atoms. The van der Waals surface area contributed by atoms with E-state index in [2.05, 4.69) is 4.98 Å². The van der Waals surface area contributed by atoms with Crippen LogP contribution in [0.3, 0.4) is 0 Å². The van der Waals surface area contributed by atoms with Gasteiger partial charge in [-0.2, -0.15) is 0 Å². The lowest BCUT2D eigenvalue weighted by Gasteiger charge is -2.36. The van der Waals surface area contributed by atoms with Gasteiger partial charge in [0.1, 0.15) is 5.69 Å². The summed E-state index contributed by atoms with van der Waals surface area (Å²) in [6, 6.07) is 3.44. The van der Waals surface area contributed by atoms with E-state index in [0.717, 1.165) is 12.8 Å².